The van der Waals surface area contributed by atoms with E-state index in [1.54, 1.807) is 0 Å². The molecule has 1 heterocycles. The minimum atomic E-state index is 0.260. The number of rotatable bonds is 3. The monoisotopic (exact) mass is 262 g/mol. The molecule has 0 aliphatic heterocycles. The quantitative estimate of drug-likeness (QED) is 0.833. The van der Waals surface area contributed by atoms with Crippen LogP contribution >= 0.6 is 11.6 Å². The Hall–Kier alpha value is -1.81. The zero-order valence-corrected chi connectivity index (χ0v) is 11.1. The summed E-state index contributed by atoms with van der Waals surface area (Å²) >= 11 is 5.85. The molecule has 0 spiro atoms. The van der Waals surface area contributed by atoms with Crippen molar-refractivity contribution in [1.29, 1.82) is 0 Å². The number of nitrogen functional groups attached to an aromatic ring is 1. The molecule has 0 saturated heterocycles. The molecule has 0 atom stereocenters. The van der Waals surface area contributed by atoms with Crippen LogP contribution in [-0.4, -0.2) is 9.97 Å². The van der Waals surface area contributed by atoms with Gasteiger partial charge in [0.05, 0.1) is 0 Å². The van der Waals surface area contributed by atoms with E-state index in [0.717, 1.165) is 12.1 Å². The maximum atomic E-state index is 5.85. The van der Waals surface area contributed by atoms with Crippen molar-refractivity contribution in [1.82, 2.24) is 9.97 Å². The minimum Gasteiger partial charge on any atom is -0.393 e. The van der Waals surface area contributed by atoms with Crippen molar-refractivity contribution in [2.45, 2.75) is 20.3 Å². The molecule has 3 N–H and O–H groups in total. The van der Waals surface area contributed by atoms with Crippen LogP contribution in [-0.2, 0) is 6.42 Å². The van der Waals surface area contributed by atoms with Crippen LogP contribution in [0.1, 0.15) is 18.1 Å². The predicted molar refractivity (Wildman–Crippen MR) is 75.3 cm³/mol. The number of anilines is 3. The Labute approximate surface area is 111 Å². The van der Waals surface area contributed by atoms with Crippen LogP contribution in [0, 0.1) is 6.92 Å². The highest BCUT2D eigenvalue weighted by atomic mass is 35.5. The second-order valence-corrected chi connectivity index (χ2v) is 4.40. The van der Waals surface area contributed by atoms with Gasteiger partial charge in [-0.15, -0.1) is 0 Å². The van der Waals surface area contributed by atoms with Crippen LogP contribution in [0.2, 0.25) is 5.15 Å². The topological polar surface area (TPSA) is 63.8 Å². The van der Waals surface area contributed by atoms with E-state index in [9.17, 15) is 0 Å². The van der Waals surface area contributed by atoms with Crippen molar-refractivity contribution in [3.05, 3.63) is 40.8 Å². The highest BCUT2D eigenvalue weighted by Crippen LogP contribution is 2.26. The summed E-state index contributed by atoms with van der Waals surface area (Å²) in [5, 5.41) is 3.41. The summed E-state index contributed by atoms with van der Waals surface area (Å²) in [4.78, 5) is 7.90. The number of nitrogens with two attached hydrogens (primary N) is 1. The van der Waals surface area contributed by atoms with Crippen LogP contribution < -0.4 is 11.1 Å². The third-order valence-corrected chi connectivity index (χ3v) is 3.13. The van der Waals surface area contributed by atoms with Gasteiger partial charge in [-0.1, -0.05) is 24.6 Å². The lowest BCUT2D eigenvalue weighted by atomic mass is 10.1. The first kappa shape index (κ1) is 12.6. The fourth-order valence-corrected chi connectivity index (χ4v) is 1.87. The normalized spacial score (nSPS) is 10.4. The Bertz CT molecular complexity index is 569. The number of hydrogen-bond acceptors (Lipinski definition) is 4. The highest BCUT2D eigenvalue weighted by molar-refractivity contribution is 6.32. The van der Waals surface area contributed by atoms with Gasteiger partial charge >= 0.3 is 0 Å². The largest absolute Gasteiger partial charge is 0.393 e. The van der Waals surface area contributed by atoms with Crippen LogP contribution in [0.5, 0.6) is 0 Å². The number of benzene rings is 1. The van der Waals surface area contributed by atoms with E-state index in [1.165, 1.54) is 17.5 Å². The molecule has 4 nitrogen and oxygen atoms in total. The van der Waals surface area contributed by atoms with Crippen molar-refractivity contribution in [2.75, 3.05) is 11.1 Å². The summed E-state index contributed by atoms with van der Waals surface area (Å²) in [5.74, 6) is 0.529. The second kappa shape index (κ2) is 5.23. The van der Waals surface area contributed by atoms with Gasteiger partial charge in [0.1, 0.15) is 12.0 Å². The first-order valence-corrected chi connectivity index (χ1v) is 6.12. The van der Waals surface area contributed by atoms with Crippen LogP contribution in [0.3, 0.4) is 0 Å². The molecule has 0 radical (unpaired) electrons. The van der Waals surface area contributed by atoms with E-state index in [2.05, 4.69) is 41.3 Å². The van der Waals surface area contributed by atoms with Gasteiger partial charge < -0.3 is 11.1 Å². The van der Waals surface area contributed by atoms with Gasteiger partial charge in [-0.3, -0.25) is 0 Å². The lowest BCUT2D eigenvalue weighted by Gasteiger charge is -2.11. The smallest absolute Gasteiger partial charge is 0.158 e. The molecule has 1 aromatic carbocycles. The number of nitrogens with one attached hydrogen (secondary N) is 1. The van der Waals surface area contributed by atoms with Crippen molar-refractivity contribution in [3.8, 4) is 0 Å². The lowest BCUT2D eigenvalue weighted by Crippen LogP contribution is -2.01. The number of nitrogens with zero attached hydrogens (tertiary/aromatic N) is 2. The molecule has 0 aliphatic carbocycles. The number of hydrogen-bond donors (Lipinski definition) is 2. The van der Waals surface area contributed by atoms with Crippen molar-refractivity contribution in [3.63, 3.8) is 0 Å². The third kappa shape index (κ3) is 2.54. The van der Waals surface area contributed by atoms with E-state index in [4.69, 9.17) is 17.3 Å². The van der Waals surface area contributed by atoms with Gasteiger partial charge in [0.15, 0.2) is 11.0 Å². The summed E-state index contributed by atoms with van der Waals surface area (Å²) in [6.45, 7) is 4.22. The molecule has 0 unspecified atom stereocenters. The number of aromatic nitrogens is 2. The molecule has 2 rings (SSSR count). The van der Waals surface area contributed by atoms with E-state index >= 15 is 0 Å². The van der Waals surface area contributed by atoms with Crippen molar-refractivity contribution >= 4 is 28.8 Å². The molecule has 0 bridgehead atoms. The molecule has 0 fully saturated rings. The SMILES string of the molecule is CCc1cc(Nc2ncnc(Cl)c2N)ccc1C. The predicted octanol–water partition coefficient (Wildman–Crippen LogP) is 3.33. The average molecular weight is 263 g/mol. The molecule has 2 aromatic rings. The van der Waals surface area contributed by atoms with Crippen LogP contribution in [0.15, 0.2) is 24.5 Å². The molecule has 94 valence electrons. The maximum Gasteiger partial charge on any atom is 0.158 e. The van der Waals surface area contributed by atoms with Crippen LogP contribution in [0.4, 0.5) is 17.2 Å². The fourth-order valence-electron chi connectivity index (χ4n) is 1.74. The van der Waals surface area contributed by atoms with E-state index in [0.29, 0.717) is 11.5 Å². The highest BCUT2D eigenvalue weighted by Gasteiger charge is 2.06. The molecule has 0 saturated carbocycles. The van der Waals surface area contributed by atoms with E-state index < -0.39 is 0 Å². The van der Waals surface area contributed by atoms with Gasteiger partial charge in [0, 0.05) is 5.69 Å². The Kier molecular flexibility index (Phi) is 3.67. The third-order valence-electron chi connectivity index (χ3n) is 2.83. The van der Waals surface area contributed by atoms with E-state index in [1.807, 2.05) is 6.07 Å². The summed E-state index contributed by atoms with van der Waals surface area (Å²) < 4.78 is 0. The van der Waals surface area contributed by atoms with Crippen LogP contribution in [0.25, 0.3) is 0 Å². The van der Waals surface area contributed by atoms with Gasteiger partial charge in [-0.25, -0.2) is 9.97 Å². The molecule has 0 aliphatic rings. The van der Waals surface area contributed by atoms with Crippen molar-refractivity contribution in [2.24, 2.45) is 0 Å². The Morgan fingerprint density at radius 2 is 2.11 bits per heavy atom. The average Bonchev–Trinajstić information content (AvgIpc) is 2.37. The fraction of sp³-hybridized carbons (Fsp3) is 0.231. The Balaban J connectivity index is 2.31. The summed E-state index contributed by atoms with van der Waals surface area (Å²) in [5.41, 5.74) is 9.68. The molecule has 5 heteroatoms. The zero-order valence-electron chi connectivity index (χ0n) is 10.4. The van der Waals surface area contributed by atoms with E-state index in [-0.39, 0.29) is 5.15 Å². The lowest BCUT2D eigenvalue weighted by molar-refractivity contribution is 1.11. The summed E-state index contributed by atoms with van der Waals surface area (Å²) in [7, 11) is 0. The molecule has 18 heavy (non-hydrogen) atoms. The minimum absolute atomic E-state index is 0.260. The first-order valence-electron chi connectivity index (χ1n) is 5.74. The first-order chi connectivity index (χ1) is 8.61. The zero-order chi connectivity index (χ0) is 13.1. The number of aryl methyl sites for hydroxylation is 2. The molecular weight excluding hydrogens is 248 g/mol. The summed E-state index contributed by atoms with van der Waals surface area (Å²) in [6.07, 6.45) is 2.37. The second-order valence-electron chi connectivity index (χ2n) is 4.05. The van der Waals surface area contributed by atoms with Gasteiger partial charge in [0.2, 0.25) is 0 Å². The Morgan fingerprint density at radius 1 is 1.33 bits per heavy atom. The molecule has 0 amide bonds. The molecular formula is C13H15ClN4. The van der Waals surface area contributed by atoms with Gasteiger partial charge in [-0.05, 0) is 36.6 Å². The van der Waals surface area contributed by atoms with Gasteiger partial charge in [-0.2, -0.15) is 0 Å². The van der Waals surface area contributed by atoms with Gasteiger partial charge in [0.25, 0.3) is 0 Å². The number of halogens is 1. The van der Waals surface area contributed by atoms with Crippen molar-refractivity contribution < 1.29 is 0 Å². The Morgan fingerprint density at radius 3 is 2.83 bits per heavy atom. The standard InChI is InChI=1S/C13H15ClN4/c1-3-9-6-10(5-4-8(9)2)18-13-11(15)12(14)16-7-17-13/h4-7H,3,15H2,1-2H3,(H,16,17,18). The summed E-state index contributed by atoms with van der Waals surface area (Å²) in [6, 6.07) is 6.15. The molecule has 1 aromatic heterocycles. The maximum absolute atomic E-state index is 5.85.